The Balaban J connectivity index is 2.26. The van der Waals surface area contributed by atoms with Crippen LogP contribution in [0.25, 0.3) is 22.4 Å². The molecule has 27 heavy (non-hydrogen) atoms. The van der Waals surface area contributed by atoms with Gasteiger partial charge in [0.2, 0.25) is 0 Å². The van der Waals surface area contributed by atoms with E-state index in [0.717, 1.165) is 34.6 Å². The minimum Gasteiger partial charge on any atom is -0.463 e. The highest BCUT2D eigenvalue weighted by Gasteiger charge is 2.11. The first-order valence-electron chi connectivity index (χ1n) is 9.69. The van der Waals surface area contributed by atoms with Gasteiger partial charge in [0.15, 0.2) is 0 Å². The molecule has 0 radical (unpaired) electrons. The second-order valence-corrected chi connectivity index (χ2v) is 6.54. The second-order valence-electron chi connectivity index (χ2n) is 6.54. The topological polar surface area (TPSA) is 39.4 Å². The van der Waals surface area contributed by atoms with Crippen molar-refractivity contribution in [3.8, 4) is 0 Å². The van der Waals surface area contributed by atoms with Gasteiger partial charge in [-0.15, -0.1) is 0 Å². The molecule has 0 aliphatic heterocycles. The number of hydrogen-bond acceptors (Lipinski definition) is 3. The molecule has 140 valence electrons. The molecule has 0 saturated carbocycles. The van der Waals surface area contributed by atoms with Gasteiger partial charge in [-0.2, -0.15) is 0 Å². The number of benzene rings is 2. The molecule has 0 saturated heterocycles. The van der Waals surface area contributed by atoms with Crippen LogP contribution >= 0.6 is 0 Å². The van der Waals surface area contributed by atoms with Gasteiger partial charge in [-0.3, -0.25) is 0 Å². The molecule has 2 aromatic carbocycles. The summed E-state index contributed by atoms with van der Waals surface area (Å²) in [7, 11) is 0. The number of furan rings is 1. The monoisotopic (exact) mass is 362 g/mol. The second kappa shape index (κ2) is 9.22. The maximum Gasteiger partial charge on any atom is 0.334 e. The number of unbranched alkanes of at least 4 members (excludes halogenated alkanes) is 2. The summed E-state index contributed by atoms with van der Waals surface area (Å²) in [5.74, 6) is -0.379. The Morgan fingerprint density at radius 2 is 1.67 bits per heavy atom. The van der Waals surface area contributed by atoms with Gasteiger partial charge in [-0.25, -0.2) is 4.79 Å². The Hall–Kier alpha value is -2.81. The molecular formula is C24H26O3. The molecule has 1 aromatic heterocycles. The molecule has 0 atom stereocenters. The SMILES string of the molecule is CCCCC/C(c1ccccc1)=c1/o/c(=C\C(=O)OCC)c2ccccc12. The number of esters is 1. The number of hydrogen-bond donors (Lipinski definition) is 0. The number of carbonyl (C=O) groups is 1. The molecule has 1 heterocycles. The van der Waals surface area contributed by atoms with Crippen molar-refractivity contribution in [1.82, 2.24) is 0 Å². The third-order valence-corrected chi connectivity index (χ3v) is 4.61. The summed E-state index contributed by atoms with van der Waals surface area (Å²) in [4.78, 5) is 12.0. The molecule has 3 aromatic rings. The van der Waals surface area contributed by atoms with Crippen molar-refractivity contribution >= 4 is 28.4 Å². The molecule has 0 amide bonds. The van der Waals surface area contributed by atoms with Crippen LogP contribution in [0.4, 0.5) is 0 Å². The maximum absolute atomic E-state index is 12.0. The molecule has 0 aliphatic carbocycles. The van der Waals surface area contributed by atoms with E-state index in [-0.39, 0.29) is 5.97 Å². The highest BCUT2D eigenvalue weighted by Crippen LogP contribution is 2.20. The zero-order valence-corrected chi connectivity index (χ0v) is 16.0. The molecule has 0 N–H and O–H groups in total. The molecule has 3 nitrogen and oxygen atoms in total. The fourth-order valence-electron chi connectivity index (χ4n) is 3.32. The van der Waals surface area contributed by atoms with E-state index >= 15 is 0 Å². The highest BCUT2D eigenvalue weighted by atomic mass is 16.5. The quantitative estimate of drug-likeness (QED) is 0.457. The molecule has 0 unspecified atom stereocenters. The van der Waals surface area contributed by atoms with Gasteiger partial charge in [0, 0.05) is 16.3 Å². The van der Waals surface area contributed by atoms with Crippen molar-refractivity contribution in [2.75, 3.05) is 6.61 Å². The third-order valence-electron chi connectivity index (χ3n) is 4.61. The summed E-state index contributed by atoms with van der Waals surface area (Å²) in [6.07, 6.45) is 5.84. The number of ether oxygens (including phenoxy) is 1. The van der Waals surface area contributed by atoms with Crippen LogP contribution in [0.3, 0.4) is 0 Å². The van der Waals surface area contributed by atoms with Gasteiger partial charge in [0.1, 0.15) is 10.8 Å². The predicted molar refractivity (Wildman–Crippen MR) is 110 cm³/mol. The zero-order chi connectivity index (χ0) is 19.1. The molecule has 3 heteroatoms. The Morgan fingerprint density at radius 3 is 2.37 bits per heavy atom. The van der Waals surface area contributed by atoms with Gasteiger partial charge in [-0.1, -0.05) is 74.4 Å². The van der Waals surface area contributed by atoms with E-state index in [4.69, 9.17) is 9.15 Å². The average Bonchev–Trinajstić information content (AvgIpc) is 3.04. The van der Waals surface area contributed by atoms with Crippen molar-refractivity contribution < 1.29 is 13.9 Å². The van der Waals surface area contributed by atoms with E-state index in [9.17, 15) is 4.79 Å². The lowest BCUT2D eigenvalue weighted by atomic mass is 9.98. The van der Waals surface area contributed by atoms with E-state index in [1.807, 2.05) is 36.4 Å². The van der Waals surface area contributed by atoms with Crippen LogP contribution in [-0.4, -0.2) is 12.6 Å². The lowest BCUT2D eigenvalue weighted by Gasteiger charge is -2.06. The summed E-state index contributed by atoms with van der Waals surface area (Å²) in [6, 6.07) is 18.4. The first-order valence-corrected chi connectivity index (χ1v) is 9.69. The molecule has 0 bridgehead atoms. The molecule has 3 rings (SSSR count). The van der Waals surface area contributed by atoms with E-state index in [2.05, 4.69) is 25.1 Å². The summed E-state index contributed by atoms with van der Waals surface area (Å²) >= 11 is 0. The van der Waals surface area contributed by atoms with Gasteiger partial charge >= 0.3 is 5.97 Å². The summed E-state index contributed by atoms with van der Waals surface area (Å²) in [5, 5.41) is 1.97. The van der Waals surface area contributed by atoms with Crippen LogP contribution in [0.1, 0.15) is 45.1 Å². The van der Waals surface area contributed by atoms with Crippen molar-refractivity contribution in [1.29, 1.82) is 0 Å². The van der Waals surface area contributed by atoms with Gasteiger partial charge in [0.25, 0.3) is 0 Å². The van der Waals surface area contributed by atoms with E-state index in [1.54, 1.807) is 6.92 Å². The molecule has 0 aliphatic rings. The standard InChI is InChI=1S/C24H26O3/c1-3-5-7-14-19(18-12-8-6-9-13-18)24-21-16-11-10-15-20(21)22(27-24)17-23(25)26-4-2/h6,8-13,15-17H,3-5,7,14H2,1-2H3/b22-17-,24-19-. The van der Waals surface area contributed by atoms with Crippen LogP contribution in [0.5, 0.6) is 0 Å². The van der Waals surface area contributed by atoms with Crippen molar-refractivity contribution in [3.05, 3.63) is 71.0 Å². The minimum absolute atomic E-state index is 0.346. The third kappa shape index (κ3) is 4.48. The van der Waals surface area contributed by atoms with Crippen LogP contribution in [-0.2, 0) is 9.53 Å². The first kappa shape index (κ1) is 19.0. The van der Waals surface area contributed by atoms with Crippen LogP contribution in [0, 0.1) is 0 Å². The normalized spacial score (nSPS) is 13.0. The van der Waals surface area contributed by atoms with Crippen LogP contribution in [0.2, 0.25) is 0 Å². The highest BCUT2D eigenvalue weighted by molar-refractivity contribution is 6.02. The van der Waals surface area contributed by atoms with Crippen LogP contribution in [0.15, 0.2) is 59.0 Å². The molecule has 0 spiro atoms. The van der Waals surface area contributed by atoms with E-state index in [1.165, 1.54) is 24.5 Å². The number of rotatable bonds is 7. The summed E-state index contributed by atoms with van der Waals surface area (Å²) in [6.45, 7) is 4.35. The Morgan fingerprint density at radius 1 is 0.963 bits per heavy atom. The average molecular weight is 362 g/mol. The Kier molecular flexibility index (Phi) is 6.48. The predicted octanol–water partition coefficient (Wildman–Crippen LogP) is 4.56. The van der Waals surface area contributed by atoms with Crippen LogP contribution < -0.4 is 10.8 Å². The molecular weight excluding hydrogens is 336 g/mol. The molecule has 0 fully saturated rings. The van der Waals surface area contributed by atoms with Crippen molar-refractivity contribution in [3.63, 3.8) is 0 Å². The first-order chi connectivity index (χ1) is 13.2. The van der Waals surface area contributed by atoms with Crippen molar-refractivity contribution in [2.24, 2.45) is 0 Å². The summed E-state index contributed by atoms with van der Waals surface area (Å²) < 4.78 is 11.3. The summed E-state index contributed by atoms with van der Waals surface area (Å²) in [5.41, 5.74) is 3.76. The lowest BCUT2D eigenvalue weighted by molar-refractivity contribution is -0.135. The van der Waals surface area contributed by atoms with Gasteiger partial charge < -0.3 is 9.15 Å². The van der Waals surface area contributed by atoms with Gasteiger partial charge in [0.05, 0.1) is 12.7 Å². The zero-order valence-electron chi connectivity index (χ0n) is 16.0. The van der Waals surface area contributed by atoms with E-state index < -0.39 is 0 Å². The Labute approximate surface area is 160 Å². The maximum atomic E-state index is 12.0. The van der Waals surface area contributed by atoms with E-state index in [0.29, 0.717) is 12.0 Å². The smallest absolute Gasteiger partial charge is 0.334 e. The van der Waals surface area contributed by atoms with Crippen molar-refractivity contribution in [2.45, 2.75) is 39.5 Å². The fourth-order valence-corrected chi connectivity index (χ4v) is 3.32. The largest absolute Gasteiger partial charge is 0.463 e. The fraction of sp³-hybridized carbons (Fsp3) is 0.292. The number of fused-ring (bicyclic) bond motifs is 1. The Bertz CT molecular complexity index is 1010. The minimum atomic E-state index is -0.379. The lowest BCUT2D eigenvalue weighted by Crippen LogP contribution is -2.09. The number of carbonyl (C=O) groups excluding carboxylic acids is 1. The van der Waals surface area contributed by atoms with Gasteiger partial charge in [-0.05, 0) is 25.3 Å².